The van der Waals surface area contributed by atoms with Crippen molar-refractivity contribution in [1.29, 1.82) is 0 Å². The average molecular weight is 192 g/mol. The third-order valence-electron chi connectivity index (χ3n) is 1.99. The number of rotatable bonds is 6. The van der Waals surface area contributed by atoms with E-state index >= 15 is 0 Å². The van der Waals surface area contributed by atoms with E-state index < -0.39 is 18.0 Å². The molecule has 0 aromatic heterocycles. The molecule has 0 aliphatic carbocycles. The Balaban J connectivity index is 3.79. The van der Waals surface area contributed by atoms with Gasteiger partial charge in [-0.1, -0.05) is 6.92 Å². The summed E-state index contributed by atoms with van der Waals surface area (Å²) in [5.74, 6) is 0. The highest BCUT2D eigenvalue weighted by Gasteiger charge is 2.21. The third-order valence-corrected chi connectivity index (χ3v) is 1.99. The fourth-order valence-electron chi connectivity index (χ4n) is 0.807. The van der Waals surface area contributed by atoms with Gasteiger partial charge in [0.1, 0.15) is 0 Å². The van der Waals surface area contributed by atoms with E-state index in [1.54, 1.807) is 0 Å². The van der Waals surface area contributed by atoms with Crippen molar-refractivity contribution in [3.8, 4) is 0 Å². The molecule has 0 aromatic carbocycles. The molecule has 0 saturated carbocycles. The van der Waals surface area contributed by atoms with Gasteiger partial charge in [0.25, 0.3) is 0 Å². The molecule has 0 heterocycles. The molecule has 0 aliphatic rings. The summed E-state index contributed by atoms with van der Waals surface area (Å²) in [5.41, 5.74) is -0.394. The van der Waals surface area contributed by atoms with Crippen LogP contribution < -0.4 is 0 Å². The largest absolute Gasteiger partial charge is 0.394 e. The highest BCUT2D eigenvalue weighted by Crippen LogP contribution is 2.17. The molecule has 80 valence electrons. The molecule has 3 N–H and O–H groups in total. The lowest BCUT2D eigenvalue weighted by molar-refractivity contribution is -0.187. The average Bonchev–Trinajstić information content (AvgIpc) is 2.03. The van der Waals surface area contributed by atoms with Crippen LogP contribution in [0.15, 0.2) is 0 Å². The molecule has 4 heteroatoms. The number of hydrogen-bond acceptors (Lipinski definition) is 4. The van der Waals surface area contributed by atoms with Crippen LogP contribution in [-0.4, -0.2) is 39.9 Å². The second-order valence-corrected chi connectivity index (χ2v) is 3.76. The Hall–Kier alpha value is -0.160. The Kier molecular flexibility index (Phi) is 5.48. The summed E-state index contributed by atoms with van der Waals surface area (Å²) in [7, 11) is 0. The van der Waals surface area contributed by atoms with Gasteiger partial charge >= 0.3 is 0 Å². The minimum atomic E-state index is -1.02. The second-order valence-electron chi connectivity index (χ2n) is 3.76. The zero-order valence-corrected chi connectivity index (χ0v) is 8.53. The third kappa shape index (κ3) is 5.99. The lowest BCUT2D eigenvalue weighted by atomic mass is 10.1. The molecule has 0 aliphatic heterocycles. The predicted molar refractivity (Wildman–Crippen MR) is 49.2 cm³/mol. The van der Waals surface area contributed by atoms with Crippen molar-refractivity contribution in [2.45, 2.75) is 51.6 Å². The summed E-state index contributed by atoms with van der Waals surface area (Å²) in [5, 5.41) is 26.9. The van der Waals surface area contributed by atoms with Gasteiger partial charge in [-0.05, 0) is 20.3 Å². The first-order chi connectivity index (χ1) is 5.91. The highest BCUT2D eigenvalue weighted by atomic mass is 16.6. The van der Waals surface area contributed by atoms with Gasteiger partial charge < -0.3 is 20.1 Å². The van der Waals surface area contributed by atoms with Gasteiger partial charge in [-0.2, -0.15) is 0 Å². The minimum Gasteiger partial charge on any atom is -0.394 e. The molecular formula is C9H20O4. The maximum Gasteiger partial charge on any atom is 0.157 e. The second kappa shape index (κ2) is 5.54. The van der Waals surface area contributed by atoms with Crippen molar-refractivity contribution in [2.75, 3.05) is 6.61 Å². The van der Waals surface area contributed by atoms with Crippen LogP contribution in [-0.2, 0) is 4.74 Å². The predicted octanol–water partition coefficient (Wildman–Crippen LogP) is 0.253. The lowest BCUT2D eigenvalue weighted by Gasteiger charge is -2.27. The van der Waals surface area contributed by atoms with Crippen LogP contribution in [0.1, 0.15) is 33.6 Å². The van der Waals surface area contributed by atoms with Crippen molar-refractivity contribution in [3.63, 3.8) is 0 Å². The molecule has 0 spiro atoms. The van der Waals surface area contributed by atoms with E-state index in [0.29, 0.717) is 0 Å². The molecule has 2 unspecified atom stereocenters. The maximum atomic E-state index is 9.32. The topological polar surface area (TPSA) is 69.9 Å². The number of aliphatic hydroxyl groups is 3. The van der Waals surface area contributed by atoms with Crippen LogP contribution in [0.2, 0.25) is 0 Å². The van der Waals surface area contributed by atoms with Crippen molar-refractivity contribution >= 4 is 0 Å². The van der Waals surface area contributed by atoms with E-state index in [1.165, 1.54) is 0 Å². The summed E-state index contributed by atoms with van der Waals surface area (Å²) in [6.45, 7) is 5.32. The zero-order valence-electron chi connectivity index (χ0n) is 8.53. The van der Waals surface area contributed by atoms with Gasteiger partial charge in [-0.25, -0.2) is 0 Å². The van der Waals surface area contributed by atoms with Crippen LogP contribution in [0.25, 0.3) is 0 Å². The molecule has 13 heavy (non-hydrogen) atoms. The maximum absolute atomic E-state index is 9.32. The summed E-state index contributed by atoms with van der Waals surface area (Å²) < 4.78 is 5.24. The Morgan fingerprint density at radius 3 is 2.23 bits per heavy atom. The molecule has 4 nitrogen and oxygen atoms in total. The summed E-state index contributed by atoms with van der Waals surface area (Å²) in [6, 6.07) is 0. The fourth-order valence-corrected chi connectivity index (χ4v) is 0.807. The Labute approximate surface area is 79.2 Å². The van der Waals surface area contributed by atoms with Crippen molar-refractivity contribution in [1.82, 2.24) is 0 Å². The van der Waals surface area contributed by atoms with E-state index in [4.69, 9.17) is 14.9 Å². The normalized spacial score (nSPS) is 17.1. The van der Waals surface area contributed by atoms with Gasteiger partial charge in [0.05, 0.1) is 18.3 Å². The summed E-state index contributed by atoms with van der Waals surface area (Å²) >= 11 is 0. The van der Waals surface area contributed by atoms with Gasteiger partial charge in [0, 0.05) is 6.42 Å². The van der Waals surface area contributed by atoms with Crippen LogP contribution in [0.5, 0.6) is 0 Å². The van der Waals surface area contributed by atoms with Gasteiger partial charge in [0.2, 0.25) is 0 Å². The molecule has 0 aromatic rings. The lowest BCUT2D eigenvalue weighted by Crippen LogP contribution is -2.32. The zero-order chi connectivity index (χ0) is 10.5. The quantitative estimate of drug-likeness (QED) is 0.528. The number of ether oxygens (including phenoxy) is 1. The fraction of sp³-hybridized carbons (Fsp3) is 1.00. The first kappa shape index (κ1) is 12.8. The van der Waals surface area contributed by atoms with Crippen molar-refractivity contribution in [3.05, 3.63) is 0 Å². The summed E-state index contributed by atoms with van der Waals surface area (Å²) in [6.07, 6.45) is -1.11. The Morgan fingerprint density at radius 1 is 1.31 bits per heavy atom. The molecule has 0 bridgehead atoms. The Bertz CT molecular complexity index is 136. The van der Waals surface area contributed by atoms with Crippen LogP contribution in [0, 0.1) is 0 Å². The van der Waals surface area contributed by atoms with Crippen molar-refractivity contribution < 1.29 is 20.1 Å². The highest BCUT2D eigenvalue weighted by molar-refractivity contribution is 4.67. The van der Waals surface area contributed by atoms with E-state index in [1.807, 2.05) is 20.8 Å². The van der Waals surface area contributed by atoms with E-state index in [0.717, 1.165) is 6.42 Å². The van der Waals surface area contributed by atoms with E-state index in [9.17, 15) is 5.11 Å². The monoisotopic (exact) mass is 192 g/mol. The minimum absolute atomic E-state index is 0.0416. The standard InChI is InChI=1S/C9H20O4/c1-4-9(2,3)13-8(12)5-7(11)6-10/h7-8,10-12H,4-6H2,1-3H3. The molecule has 0 radical (unpaired) electrons. The molecular weight excluding hydrogens is 172 g/mol. The molecule has 0 amide bonds. The summed E-state index contributed by atoms with van der Waals surface area (Å²) in [4.78, 5) is 0. The van der Waals surface area contributed by atoms with Crippen LogP contribution in [0.4, 0.5) is 0 Å². The number of hydrogen-bond donors (Lipinski definition) is 3. The van der Waals surface area contributed by atoms with Crippen LogP contribution >= 0.6 is 0 Å². The van der Waals surface area contributed by atoms with Crippen molar-refractivity contribution in [2.24, 2.45) is 0 Å². The first-order valence-corrected chi connectivity index (χ1v) is 4.56. The SMILES string of the molecule is CCC(C)(C)OC(O)CC(O)CO. The molecule has 0 saturated heterocycles. The smallest absolute Gasteiger partial charge is 0.157 e. The first-order valence-electron chi connectivity index (χ1n) is 4.56. The molecule has 0 fully saturated rings. The van der Waals surface area contributed by atoms with Crippen LogP contribution in [0.3, 0.4) is 0 Å². The van der Waals surface area contributed by atoms with Gasteiger partial charge in [-0.3, -0.25) is 0 Å². The van der Waals surface area contributed by atoms with Gasteiger partial charge in [-0.15, -0.1) is 0 Å². The number of aliphatic hydroxyl groups excluding tert-OH is 3. The van der Waals surface area contributed by atoms with Gasteiger partial charge in [0.15, 0.2) is 6.29 Å². The molecule has 2 atom stereocenters. The van der Waals surface area contributed by atoms with E-state index in [2.05, 4.69) is 0 Å². The van der Waals surface area contributed by atoms with E-state index in [-0.39, 0.29) is 13.0 Å². The molecule has 0 rings (SSSR count). The Morgan fingerprint density at radius 2 is 1.85 bits per heavy atom.